The van der Waals surface area contributed by atoms with E-state index in [0.717, 1.165) is 12.1 Å². The van der Waals surface area contributed by atoms with E-state index in [-0.39, 0.29) is 5.92 Å². The summed E-state index contributed by atoms with van der Waals surface area (Å²) in [5.41, 5.74) is -0.577. The smallest absolute Gasteiger partial charge is 0.381 e. The minimum atomic E-state index is -4.77. The highest BCUT2D eigenvalue weighted by Gasteiger charge is 2.38. The Balaban J connectivity index is 1.98. The summed E-state index contributed by atoms with van der Waals surface area (Å²) in [6.07, 6.45) is -0.490. The number of ether oxygens (including phenoxy) is 1. The van der Waals surface area contributed by atoms with E-state index in [9.17, 15) is 21.6 Å². The van der Waals surface area contributed by atoms with Gasteiger partial charge in [-0.1, -0.05) is 18.2 Å². The zero-order valence-corrected chi connectivity index (χ0v) is 15.1. The van der Waals surface area contributed by atoms with Crippen molar-refractivity contribution in [3.8, 4) is 0 Å². The molecule has 146 valence electrons. The maximum atomic E-state index is 13.3. The first-order valence-electron chi connectivity index (χ1n) is 8.45. The fraction of sp³-hybridized carbons (Fsp3) is 0.389. The van der Waals surface area contributed by atoms with Crippen LogP contribution in [0.1, 0.15) is 30.0 Å². The number of benzene rings is 1. The van der Waals surface area contributed by atoms with Crippen LogP contribution in [0, 0.1) is 5.92 Å². The van der Waals surface area contributed by atoms with E-state index < -0.39 is 32.7 Å². The molecule has 2 aromatic rings. The number of nitrogens with one attached hydrogen (secondary N) is 1. The van der Waals surface area contributed by atoms with Gasteiger partial charge >= 0.3 is 6.18 Å². The molecule has 0 amide bonds. The lowest BCUT2D eigenvalue weighted by Crippen LogP contribution is -2.36. The number of nitrogens with zero attached hydrogens (tertiary/aromatic N) is 1. The van der Waals surface area contributed by atoms with E-state index in [1.54, 1.807) is 18.3 Å². The average Bonchev–Trinajstić information content (AvgIpc) is 2.67. The molecular formula is C18H19F3N2O3S. The van der Waals surface area contributed by atoms with Gasteiger partial charge in [-0.2, -0.15) is 13.2 Å². The number of hydrogen-bond acceptors (Lipinski definition) is 4. The highest BCUT2D eigenvalue weighted by Crippen LogP contribution is 2.36. The highest BCUT2D eigenvalue weighted by atomic mass is 32.2. The van der Waals surface area contributed by atoms with Gasteiger partial charge in [-0.05, 0) is 42.5 Å². The van der Waals surface area contributed by atoms with Crippen LogP contribution < -0.4 is 4.72 Å². The first-order chi connectivity index (χ1) is 12.8. The van der Waals surface area contributed by atoms with Crippen molar-refractivity contribution in [1.82, 2.24) is 9.71 Å². The summed E-state index contributed by atoms with van der Waals surface area (Å²) >= 11 is 0. The van der Waals surface area contributed by atoms with Crippen molar-refractivity contribution in [2.24, 2.45) is 5.92 Å². The topological polar surface area (TPSA) is 68.3 Å². The summed E-state index contributed by atoms with van der Waals surface area (Å²) in [4.78, 5) is 3.23. The average molecular weight is 400 g/mol. The fourth-order valence-corrected chi connectivity index (χ4v) is 4.73. The molecule has 5 nitrogen and oxygen atoms in total. The summed E-state index contributed by atoms with van der Waals surface area (Å²) in [7, 11) is -4.41. The quantitative estimate of drug-likeness (QED) is 0.834. The second-order valence-corrected chi connectivity index (χ2v) is 8.01. The molecule has 0 radical (unpaired) electrons. The Morgan fingerprint density at radius 1 is 1.11 bits per heavy atom. The van der Waals surface area contributed by atoms with Crippen LogP contribution in [-0.4, -0.2) is 26.6 Å². The van der Waals surface area contributed by atoms with Crippen LogP contribution in [0.5, 0.6) is 0 Å². The summed E-state index contributed by atoms with van der Waals surface area (Å²) in [5.74, 6) is -0.101. The molecule has 1 aromatic carbocycles. The molecule has 1 aromatic heterocycles. The Hall–Kier alpha value is -1.97. The maximum absolute atomic E-state index is 13.3. The lowest BCUT2D eigenvalue weighted by Gasteiger charge is -2.31. The van der Waals surface area contributed by atoms with E-state index in [1.165, 1.54) is 18.3 Å². The molecule has 1 aliphatic rings. The van der Waals surface area contributed by atoms with Crippen LogP contribution in [0.15, 0.2) is 53.7 Å². The highest BCUT2D eigenvalue weighted by molar-refractivity contribution is 7.89. The van der Waals surface area contributed by atoms with Gasteiger partial charge in [0, 0.05) is 25.6 Å². The molecule has 27 heavy (non-hydrogen) atoms. The van der Waals surface area contributed by atoms with Gasteiger partial charge in [0.15, 0.2) is 0 Å². The second-order valence-electron chi connectivity index (χ2n) is 6.33. The van der Waals surface area contributed by atoms with Crippen LogP contribution in [0.3, 0.4) is 0 Å². The third-order valence-corrected chi connectivity index (χ3v) is 6.04. The van der Waals surface area contributed by atoms with E-state index in [1.807, 2.05) is 0 Å². The second kappa shape index (κ2) is 7.95. The number of halogens is 3. The first kappa shape index (κ1) is 19.8. The fourth-order valence-electron chi connectivity index (χ4n) is 3.21. The Morgan fingerprint density at radius 2 is 1.81 bits per heavy atom. The Morgan fingerprint density at radius 3 is 2.44 bits per heavy atom. The van der Waals surface area contributed by atoms with Crippen LogP contribution in [0.25, 0.3) is 0 Å². The molecule has 1 unspecified atom stereocenters. The molecule has 0 aliphatic carbocycles. The zero-order chi connectivity index (χ0) is 19.5. The summed E-state index contributed by atoms with van der Waals surface area (Å²) < 4.78 is 73.4. The van der Waals surface area contributed by atoms with Crippen molar-refractivity contribution >= 4 is 10.0 Å². The molecule has 0 bridgehead atoms. The van der Waals surface area contributed by atoms with Gasteiger partial charge in [0.25, 0.3) is 0 Å². The van der Waals surface area contributed by atoms with E-state index in [2.05, 4.69) is 9.71 Å². The summed E-state index contributed by atoms with van der Waals surface area (Å²) in [6.45, 7) is 0.949. The number of pyridine rings is 1. The molecule has 1 fully saturated rings. The molecule has 1 aliphatic heterocycles. The van der Waals surface area contributed by atoms with Gasteiger partial charge in [-0.3, -0.25) is 4.98 Å². The number of alkyl halides is 3. The maximum Gasteiger partial charge on any atom is 0.417 e. The van der Waals surface area contributed by atoms with Gasteiger partial charge in [0.2, 0.25) is 10.0 Å². The van der Waals surface area contributed by atoms with E-state index in [0.29, 0.717) is 31.6 Å². The molecule has 1 N–H and O–H groups in total. The van der Waals surface area contributed by atoms with Crippen LogP contribution in [0.4, 0.5) is 13.2 Å². The predicted octanol–water partition coefficient (Wildman–Crippen LogP) is 3.55. The molecule has 0 spiro atoms. The van der Waals surface area contributed by atoms with Gasteiger partial charge in [-0.25, -0.2) is 13.1 Å². The van der Waals surface area contributed by atoms with Crippen LogP contribution >= 0.6 is 0 Å². The van der Waals surface area contributed by atoms with Crippen LogP contribution in [0.2, 0.25) is 0 Å². The summed E-state index contributed by atoms with van der Waals surface area (Å²) in [6, 6.07) is 6.87. The molecule has 2 heterocycles. The minimum absolute atomic E-state index is 0.101. The van der Waals surface area contributed by atoms with Crippen molar-refractivity contribution in [3.63, 3.8) is 0 Å². The van der Waals surface area contributed by atoms with Crippen molar-refractivity contribution in [2.45, 2.75) is 30.0 Å². The minimum Gasteiger partial charge on any atom is -0.381 e. The Bertz CT molecular complexity index is 867. The number of sulfonamides is 1. The lowest BCUT2D eigenvalue weighted by atomic mass is 9.88. The first-order valence-corrected chi connectivity index (χ1v) is 9.93. The van der Waals surface area contributed by atoms with Crippen molar-refractivity contribution < 1.29 is 26.3 Å². The molecule has 9 heteroatoms. The lowest BCUT2D eigenvalue weighted by molar-refractivity contribution is -0.139. The Kier molecular flexibility index (Phi) is 5.83. The molecule has 1 saturated heterocycles. The van der Waals surface area contributed by atoms with Crippen molar-refractivity contribution in [3.05, 3.63) is 59.9 Å². The normalized spacial score (nSPS) is 17.6. The number of aromatic nitrogens is 1. The Labute approximate surface area is 155 Å². The zero-order valence-electron chi connectivity index (χ0n) is 14.3. The molecule has 0 saturated carbocycles. The molecule has 1 atom stereocenters. The number of hydrogen-bond donors (Lipinski definition) is 1. The molecule has 3 rings (SSSR count). The van der Waals surface area contributed by atoms with Gasteiger partial charge in [0.05, 0.1) is 16.5 Å². The van der Waals surface area contributed by atoms with Gasteiger partial charge < -0.3 is 4.74 Å². The van der Waals surface area contributed by atoms with Crippen molar-refractivity contribution in [1.29, 1.82) is 0 Å². The third kappa shape index (κ3) is 4.66. The van der Waals surface area contributed by atoms with Crippen molar-refractivity contribution in [2.75, 3.05) is 13.2 Å². The predicted molar refractivity (Wildman–Crippen MR) is 92.3 cm³/mol. The number of rotatable bonds is 5. The van der Waals surface area contributed by atoms with Crippen LogP contribution in [-0.2, 0) is 20.9 Å². The monoisotopic (exact) mass is 400 g/mol. The standard InChI is InChI=1S/C18H19F3N2O3S/c19-18(20,21)15-5-1-2-6-16(15)27(24,25)23-17(13-7-10-26-11-8-13)14-4-3-9-22-12-14/h1-6,9,12-13,17,23H,7-8,10-11H2. The van der Waals surface area contributed by atoms with Gasteiger partial charge in [-0.15, -0.1) is 0 Å². The van der Waals surface area contributed by atoms with E-state index in [4.69, 9.17) is 4.74 Å². The van der Waals surface area contributed by atoms with E-state index >= 15 is 0 Å². The molecular weight excluding hydrogens is 381 g/mol. The van der Waals surface area contributed by atoms with Gasteiger partial charge in [0.1, 0.15) is 0 Å². The largest absolute Gasteiger partial charge is 0.417 e. The summed E-state index contributed by atoms with van der Waals surface area (Å²) in [5, 5.41) is 0. The third-order valence-electron chi connectivity index (χ3n) is 4.54. The SMILES string of the molecule is O=S(=O)(NC(c1cccnc1)C1CCOCC1)c1ccccc1C(F)(F)F.